The average Bonchev–Trinajstić information content (AvgIpc) is 2.88. The highest BCUT2D eigenvalue weighted by molar-refractivity contribution is 7.98. The molecule has 0 unspecified atom stereocenters. The predicted molar refractivity (Wildman–Crippen MR) is 81.7 cm³/mol. The van der Waals surface area contributed by atoms with Crippen molar-refractivity contribution in [2.75, 3.05) is 0 Å². The maximum absolute atomic E-state index is 6.31. The van der Waals surface area contributed by atoms with Crippen molar-refractivity contribution in [1.82, 2.24) is 5.32 Å². The molecule has 0 atom stereocenters. The maximum atomic E-state index is 6.31. The third kappa shape index (κ3) is 4.30. The molecule has 0 fully saturated rings. The summed E-state index contributed by atoms with van der Waals surface area (Å²) in [6, 6.07) is 10.4. The minimum absolute atomic E-state index is 0.460. The highest BCUT2D eigenvalue weighted by atomic mass is 35.5. The third-order valence-corrected chi connectivity index (χ3v) is 4.31. The van der Waals surface area contributed by atoms with E-state index in [1.165, 1.54) is 5.56 Å². The van der Waals surface area contributed by atoms with E-state index in [-0.39, 0.29) is 0 Å². The maximum Gasteiger partial charge on any atom is 0.113 e. The van der Waals surface area contributed by atoms with Crippen LogP contribution >= 0.6 is 23.4 Å². The molecule has 19 heavy (non-hydrogen) atoms. The van der Waals surface area contributed by atoms with Crippen LogP contribution in [0.25, 0.3) is 0 Å². The molecule has 4 heteroatoms. The smallest absolute Gasteiger partial charge is 0.113 e. The standard InChI is InChI=1S/C15H18ClNOS/c1-11(2)17-9-12-5-3-7-14(16)15(12)19-10-13-6-4-8-18-13/h3-8,11,17H,9-10H2,1-2H3. The van der Waals surface area contributed by atoms with Crippen molar-refractivity contribution in [3.8, 4) is 0 Å². The Morgan fingerprint density at radius 2 is 2.11 bits per heavy atom. The summed E-state index contributed by atoms with van der Waals surface area (Å²) in [5, 5.41) is 4.23. The first-order chi connectivity index (χ1) is 9.16. The van der Waals surface area contributed by atoms with Gasteiger partial charge in [0.15, 0.2) is 0 Å². The Kier molecular flexibility index (Phi) is 5.37. The van der Waals surface area contributed by atoms with E-state index in [1.807, 2.05) is 24.3 Å². The summed E-state index contributed by atoms with van der Waals surface area (Å²) in [5.41, 5.74) is 1.23. The van der Waals surface area contributed by atoms with Gasteiger partial charge in [0.2, 0.25) is 0 Å². The van der Waals surface area contributed by atoms with E-state index in [0.29, 0.717) is 6.04 Å². The minimum atomic E-state index is 0.460. The van der Waals surface area contributed by atoms with Crippen LogP contribution in [0.15, 0.2) is 45.9 Å². The summed E-state index contributed by atoms with van der Waals surface area (Å²) < 4.78 is 5.35. The van der Waals surface area contributed by atoms with Gasteiger partial charge in [0.25, 0.3) is 0 Å². The second-order valence-electron chi connectivity index (χ2n) is 4.63. The molecule has 1 N–H and O–H groups in total. The van der Waals surface area contributed by atoms with E-state index in [2.05, 4.69) is 25.2 Å². The van der Waals surface area contributed by atoms with E-state index in [1.54, 1.807) is 18.0 Å². The lowest BCUT2D eigenvalue weighted by Crippen LogP contribution is -2.22. The second-order valence-corrected chi connectivity index (χ2v) is 6.02. The molecule has 0 bridgehead atoms. The molecule has 0 aliphatic rings. The summed E-state index contributed by atoms with van der Waals surface area (Å²) in [7, 11) is 0. The minimum Gasteiger partial charge on any atom is -0.468 e. The van der Waals surface area contributed by atoms with Crippen LogP contribution in [-0.2, 0) is 12.3 Å². The van der Waals surface area contributed by atoms with Crippen molar-refractivity contribution in [3.63, 3.8) is 0 Å². The van der Waals surface area contributed by atoms with Gasteiger partial charge in [-0.2, -0.15) is 0 Å². The zero-order valence-corrected chi connectivity index (χ0v) is 12.7. The van der Waals surface area contributed by atoms with Gasteiger partial charge in [0, 0.05) is 17.5 Å². The molecule has 2 rings (SSSR count). The highest BCUT2D eigenvalue weighted by Crippen LogP contribution is 2.33. The van der Waals surface area contributed by atoms with Gasteiger partial charge in [-0.25, -0.2) is 0 Å². The molecule has 2 aromatic rings. The lowest BCUT2D eigenvalue weighted by atomic mass is 10.2. The van der Waals surface area contributed by atoms with Gasteiger partial charge in [0.1, 0.15) is 5.76 Å². The van der Waals surface area contributed by atoms with E-state index in [9.17, 15) is 0 Å². The SMILES string of the molecule is CC(C)NCc1cccc(Cl)c1SCc1ccco1. The van der Waals surface area contributed by atoms with Crippen molar-refractivity contribution < 1.29 is 4.42 Å². The number of halogens is 1. The quantitative estimate of drug-likeness (QED) is 0.780. The number of benzene rings is 1. The van der Waals surface area contributed by atoms with E-state index in [0.717, 1.165) is 28.0 Å². The van der Waals surface area contributed by atoms with Crippen LogP contribution < -0.4 is 5.32 Å². The zero-order valence-electron chi connectivity index (χ0n) is 11.2. The highest BCUT2D eigenvalue weighted by Gasteiger charge is 2.09. The Morgan fingerprint density at radius 1 is 1.26 bits per heavy atom. The lowest BCUT2D eigenvalue weighted by Gasteiger charge is -2.13. The number of nitrogens with one attached hydrogen (secondary N) is 1. The Bertz CT molecular complexity index is 511. The Morgan fingerprint density at radius 3 is 2.79 bits per heavy atom. The van der Waals surface area contributed by atoms with Crippen LogP contribution in [0.1, 0.15) is 25.2 Å². The fourth-order valence-electron chi connectivity index (χ4n) is 1.71. The second kappa shape index (κ2) is 7.04. The molecule has 1 heterocycles. The summed E-state index contributed by atoms with van der Waals surface area (Å²) in [6.45, 7) is 5.11. The molecule has 102 valence electrons. The van der Waals surface area contributed by atoms with Crippen LogP contribution in [0.4, 0.5) is 0 Å². The number of thioether (sulfide) groups is 1. The first-order valence-electron chi connectivity index (χ1n) is 6.33. The number of furan rings is 1. The third-order valence-electron chi connectivity index (χ3n) is 2.69. The molecule has 2 nitrogen and oxygen atoms in total. The monoisotopic (exact) mass is 295 g/mol. The van der Waals surface area contributed by atoms with E-state index in [4.69, 9.17) is 16.0 Å². The fourth-order valence-corrected chi connectivity index (χ4v) is 3.05. The van der Waals surface area contributed by atoms with E-state index < -0.39 is 0 Å². The topological polar surface area (TPSA) is 25.2 Å². The van der Waals surface area contributed by atoms with Gasteiger partial charge < -0.3 is 9.73 Å². The Balaban J connectivity index is 2.08. The van der Waals surface area contributed by atoms with Crippen molar-refractivity contribution >= 4 is 23.4 Å². The van der Waals surface area contributed by atoms with Gasteiger partial charge in [0.05, 0.1) is 17.0 Å². The van der Waals surface area contributed by atoms with Crippen LogP contribution in [0, 0.1) is 0 Å². The van der Waals surface area contributed by atoms with Crippen molar-refractivity contribution in [3.05, 3.63) is 52.9 Å². The zero-order chi connectivity index (χ0) is 13.7. The number of hydrogen-bond acceptors (Lipinski definition) is 3. The van der Waals surface area contributed by atoms with Gasteiger partial charge in [-0.15, -0.1) is 11.8 Å². The molecule has 1 aromatic carbocycles. The molecule has 1 aromatic heterocycles. The first-order valence-corrected chi connectivity index (χ1v) is 7.69. The van der Waals surface area contributed by atoms with Crippen molar-refractivity contribution in [2.45, 2.75) is 37.1 Å². The van der Waals surface area contributed by atoms with Crippen LogP contribution in [0.3, 0.4) is 0 Å². The predicted octanol–water partition coefficient (Wildman–Crippen LogP) is 4.72. The van der Waals surface area contributed by atoms with Crippen LogP contribution in [0.5, 0.6) is 0 Å². The lowest BCUT2D eigenvalue weighted by molar-refractivity contribution is 0.530. The molecule has 0 amide bonds. The fraction of sp³-hybridized carbons (Fsp3) is 0.333. The summed E-state index contributed by atoms with van der Waals surface area (Å²) >= 11 is 8.02. The molecular formula is C15H18ClNOS. The summed E-state index contributed by atoms with van der Waals surface area (Å²) in [5.74, 6) is 1.76. The largest absolute Gasteiger partial charge is 0.468 e. The van der Waals surface area contributed by atoms with Crippen LogP contribution in [0.2, 0.25) is 5.02 Å². The first kappa shape index (κ1) is 14.5. The molecule has 0 saturated carbocycles. The van der Waals surface area contributed by atoms with Gasteiger partial charge in [-0.05, 0) is 23.8 Å². The molecule has 0 aliphatic carbocycles. The molecule has 0 radical (unpaired) electrons. The molecule has 0 aliphatic heterocycles. The molecule has 0 saturated heterocycles. The summed E-state index contributed by atoms with van der Waals surface area (Å²) in [4.78, 5) is 1.13. The van der Waals surface area contributed by atoms with Crippen molar-refractivity contribution in [1.29, 1.82) is 0 Å². The van der Waals surface area contributed by atoms with Gasteiger partial charge in [-0.1, -0.05) is 37.6 Å². The molecule has 0 spiro atoms. The summed E-state index contributed by atoms with van der Waals surface area (Å²) in [6.07, 6.45) is 1.70. The van der Waals surface area contributed by atoms with Crippen LogP contribution in [-0.4, -0.2) is 6.04 Å². The Labute approximate surface area is 123 Å². The average molecular weight is 296 g/mol. The van der Waals surface area contributed by atoms with Gasteiger partial charge >= 0.3 is 0 Å². The number of rotatable bonds is 6. The van der Waals surface area contributed by atoms with Crippen molar-refractivity contribution in [2.24, 2.45) is 0 Å². The van der Waals surface area contributed by atoms with Gasteiger partial charge in [-0.3, -0.25) is 0 Å². The van der Waals surface area contributed by atoms with E-state index >= 15 is 0 Å². The normalized spacial score (nSPS) is 11.2. The Hall–Kier alpha value is -0.900. The number of hydrogen-bond donors (Lipinski definition) is 1. The molecular weight excluding hydrogens is 278 g/mol.